The lowest BCUT2D eigenvalue weighted by atomic mass is 10.6. The van der Waals surface area contributed by atoms with Gasteiger partial charge in [0.05, 0.1) is 13.2 Å². The summed E-state index contributed by atoms with van der Waals surface area (Å²) < 4.78 is 35.5. The van der Waals surface area contributed by atoms with Gasteiger partial charge in [-0.25, -0.2) is 9.52 Å². The van der Waals surface area contributed by atoms with Crippen molar-refractivity contribution in [2.75, 3.05) is 39.3 Å². The van der Waals surface area contributed by atoms with E-state index >= 15 is 0 Å². The average Bonchev–Trinajstić information content (AvgIpc) is 2.23. The second-order valence-corrected chi connectivity index (χ2v) is 4.96. The average molecular weight is 289 g/mol. The Bertz CT molecular complexity index is 322. The number of hydrogen-bond donors (Lipinski definition) is 1. The van der Waals surface area contributed by atoms with Crippen LogP contribution in [0.2, 0.25) is 0 Å². The Morgan fingerprint density at radius 2 is 2.06 bits per heavy atom. The monoisotopic (exact) mass is 288 g/mol. The zero-order valence-corrected chi connectivity index (χ0v) is 11.4. The van der Waals surface area contributed by atoms with Gasteiger partial charge in [0.1, 0.15) is 0 Å². The SMILES string of the molecule is CCOC(=O)NS(=O)(=O)N(CCCl)CCOC. The van der Waals surface area contributed by atoms with Crippen LogP contribution in [0.5, 0.6) is 0 Å². The Morgan fingerprint density at radius 1 is 1.41 bits per heavy atom. The van der Waals surface area contributed by atoms with E-state index in [2.05, 4.69) is 4.74 Å². The van der Waals surface area contributed by atoms with Gasteiger partial charge >= 0.3 is 16.3 Å². The molecule has 1 N–H and O–H groups in total. The number of methoxy groups -OCH3 is 1. The number of carbonyl (C=O) groups is 1. The summed E-state index contributed by atoms with van der Waals surface area (Å²) in [6, 6.07) is 0. The van der Waals surface area contributed by atoms with Gasteiger partial charge in [0.2, 0.25) is 0 Å². The summed E-state index contributed by atoms with van der Waals surface area (Å²) in [6.45, 7) is 2.07. The molecule has 0 radical (unpaired) electrons. The van der Waals surface area contributed by atoms with E-state index in [0.29, 0.717) is 0 Å². The van der Waals surface area contributed by atoms with Gasteiger partial charge in [-0.2, -0.15) is 12.7 Å². The molecule has 0 aliphatic heterocycles. The molecule has 0 aliphatic carbocycles. The van der Waals surface area contributed by atoms with Crippen LogP contribution in [-0.2, 0) is 19.7 Å². The molecule has 1 amide bonds. The maximum atomic E-state index is 11.7. The van der Waals surface area contributed by atoms with E-state index in [1.807, 2.05) is 0 Å². The van der Waals surface area contributed by atoms with Crippen LogP contribution in [0.25, 0.3) is 0 Å². The van der Waals surface area contributed by atoms with Crippen LogP contribution in [-0.4, -0.2) is 58.1 Å². The molecular weight excluding hydrogens is 272 g/mol. The molecule has 102 valence electrons. The van der Waals surface area contributed by atoms with E-state index in [-0.39, 0.29) is 32.2 Å². The molecular formula is C8H17ClN2O5S. The van der Waals surface area contributed by atoms with Gasteiger partial charge in [-0.05, 0) is 6.92 Å². The number of ether oxygens (including phenoxy) is 2. The Labute approximate surface area is 106 Å². The predicted molar refractivity (Wildman–Crippen MR) is 63.2 cm³/mol. The van der Waals surface area contributed by atoms with Crippen molar-refractivity contribution in [2.24, 2.45) is 0 Å². The second-order valence-electron chi connectivity index (χ2n) is 2.91. The zero-order valence-electron chi connectivity index (χ0n) is 9.81. The lowest BCUT2D eigenvalue weighted by Gasteiger charge is -2.20. The maximum Gasteiger partial charge on any atom is 0.421 e. The lowest BCUT2D eigenvalue weighted by molar-refractivity contribution is 0.156. The number of carbonyl (C=O) groups excluding carboxylic acids is 1. The summed E-state index contributed by atoms with van der Waals surface area (Å²) in [7, 11) is -2.49. The van der Waals surface area contributed by atoms with Gasteiger partial charge in [-0.15, -0.1) is 11.6 Å². The number of amides is 1. The molecule has 0 aliphatic rings. The van der Waals surface area contributed by atoms with Gasteiger partial charge in [0.15, 0.2) is 0 Å². The molecule has 7 nitrogen and oxygen atoms in total. The standard InChI is InChI=1S/C8H17ClN2O5S/c1-3-16-8(12)10-17(13,14)11(5-4-9)6-7-15-2/h3-7H2,1-2H3,(H,10,12). The quantitative estimate of drug-likeness (QED) is 0.643. The summed E-state index contributed by atoms with van der Waals surface area (Å²) in [6.07, 6.45) is -1.01. The largest absolute Gasteiger partial charge is 0.449 e. The van der Waals surface area contributed by atoms with Crippen LogP contribution in [0.15, 0.2) is 0 Å². The van der Waals surface area contributed by atoms with Crippen molar-refractivity contribution in [1.82, 2.24) is 9.03 Å². The second kappa shape index (κ2) is 8.51. The minimum atomic E-state index is -3.93. The third kappa shape index (κ3) is 6.67. The fourth-order valence-corrected chi connectivity index (χ4v) is 2.32. The first-order valence-electron chi connectivity index (χ1n) is 4.97. The summed E-state index contributed by atoms with van der Waals surface area (Å²) in [5.74, 6) is 0.119. The third-order valence-corrected chi connectivity index (χ3v) is 3.35. The molecule has 0 saturated carbocycles. The molecule has 0 bridgehead atoms. The first-order chi connectivity index (χ1) is 7.97. The Morgan fingerprint density at radius 3 is 2.53 bits per heavy atom. The highest BCUT2D eigenvalue weighted by Gasteiger charge is 2.23. The van der Waals surface area contributed by atoms with Crippen molar-refractivity contribution < 1.29 is 22.7 Å². The molecule has 0 fully saturated rings. The predicted octanol–water partition coefficient (Wildman–Crippen LogP) is 0.165. The van der Waals surface area contributed by atoms with Crippen molar-refractivity contribution in [2.45, 2.75) is 6.92 Å². The number of nitrogens with one attached hydrogen (secondary N) is 1. The Kier molecular flexibility index (Phi) is 8.23. The van der Waals surface area contributed by atoms with Crippen molar-refractivity contribution >= 4 is 27.9 Å². The fourth-order valence-electron chi connectivity index (χ4n) is 0.970. The van der Waals surface area contributed by atoms with E-state index in [1.54, 1.807) is 11.6 Å². The van der Waals surface area contributed by atoms with Gasteiger partial charge in [-0.3, -0.25) is 0 Å². The summed E-state index contributed by atoms with van der Waals surface area (Å²) in [5.41, 5.74) is 0. The van der Waals surface area contributed by atoms with Crippen LogP contribution >= 0.6 is 11.6 Å². The molecule has 0 spiro atoms. The van der Waals surface area contributed by atoms with E-state index in [0.717, 1.165) is 4.31 Å². The van der Waals surface area contributed by atoms with Crippen molar-refractivity contribution in [3.05, 3.63) is 0 Å². The van der Waals surface area contributed by atoms with Crippen molar-refractivity contribution in [1.29, 1.82) is 0 Å². The molecule has 0 atom stereocenters. The molecule has 0 aromatic heterocycles. The van der Waals surface area contributed by atoms with Gasteiger partial charge in [-0.1, -0.05) is 0 Å². The highest BCUT2D eigenvalue weighted by Crippen LogP contribution is 1.99. The minimum Gasteiger partial charge on any atom is -0.449 e. The fraction of sp³-hybridized carbons (Fsp3) is 0.875. The van der Waals surface area contributed by atoms with Crippen LogP contribution in [0.4, 0.5) is 4.79 Å². The molecule has 0 aromatic carbocycles. The van der Waals surface area contributed by atoms with Crippen LogP contribution in [0.3, 0.4) is 0 Å². The minimum absolute atomic E-state index is 0.0830. The van der Waals surface area contributed by atoms with Gasteiger partial charge in [0.25, 0.3) is 0 Å². The van der Waals surface area contributed by atoms with E-state index in [1.165, 1.54) is 7.11 Å². The molecule has 0 aromatic rings. The van der Waals surface area contributed by atoms with E-state index in [4.69, 9.17) is 16.3 Å². The first-order valence-corrected chi connectivity index (χ1v) is 6.95. The first kappa shape index (κ1) is 16.4. The number of alkyl halides is 1. The zero-order chi connectivity index (χ0) is 13.3. The molecule has 0 rings (SSSR count). The summed E-state index contributed by atoms with van der Waals surface area (Å²) >= 11 is 5.49. The third-order valence-electron chi connectivity index (χ3n) is 1.71. The molecule has 0 unspecified atom stereocenters. The number of nitrogens with zero attached hydrogens (tertiary/aromatic N) is 1. The van der Waals surface area contributed by atoms with Crippen LogP contribution in [0.1, 0.15) is 6.92 Å². The van der Waals surface area contributed by atoms with Gasteiger partial charge in [0, 0.05) is 26.1 Å². The topological polar surface area (TPSA) is 84.9 Å². The van der Waals surface area contributed by atoms with Crippen molar-refractivity contribution in [3.8, 4) is 0 Å². The number of rotatable bonds is 8. The maximum absolute atomic E-state index is 11.7. The summed E-state index contributed by atoms with van der Waals surface area (Å²) in [4.78, 5) is 11.0. The Balaban J connectivity index is 4.53. The van der Waals surface area contributed by atoms with Gasteiger partial charge < -0.3 is 9.47 Å². The molecule has 9 heteroatoms. The normalized spacial score (nSPS) is 11.5. The van der Waals surface area contributed by atoms with E-state index in [9.17, 15) is 13.2 Å². The van der Waals surface area contributed by atoms with Crippen molar-refractivity contribution in [3.63, 3.8) is 0 Å². The molecule has 0 saturated heterocycles. The van der Waals surface area contributed by atoms with Crippen LogP contribution < -0.4 is 4.72 Å². The lowest BCUT2D eigenvalue weighted by Crippen LogP contribution is -2.45. The number of halogens is 1. The summed E-state index contributed by atoms with van der Waals surface area (Å²) in [5, 5.41) is 0. The Hall–Kier alpha value is -0.570. The van der Waals surface area contributed by atoms with Crippen LogP contribution in [0, 0.1) is 0 Å². The highest BCUT2D eigenvalue weighted by atomic mass is 35.5. The number of hydrogen-bond acceptors (Lipinski definition) is 5. The van der Waals surface area contributed by atoms with E-state index < -0.39 is 16.3 Å². The molecule has 0 heterocycles. The highest BCUT2D eigenvalue weighted by molar-refractivity contribution is 7.87. The smallest absolute Gasteiger partial charge is 0.421 e. The molecule has 17 heavy (non-hydrogen) atoms.